The fraction of sp³-hybridized carbons (Fsp3) is 0.429. The molecule has 1 N–H and O–H groups in total. The molecule has 6 heteroatoms. The molecule has 1 amide bonds. The number of piperazine rings is 1. The monoisotopic (exact) mass is 368 g/mol. The minimum absolute atomic E-state index is 0.0526. The number of anilines is 3. The van der Waals surface area contributed by atoms with Gasteiger partial charge in [-0.15, -0.1) is 0 Å². The first kappa shape index (κ1) is 19.0. The Morgan fingerprint density at radius 2 is 1.85 bits per heavy atom. The Bertz CT molecular complexity index is 740. The summed E-state index contributed by atoms with van der Waals surface area (Å²) in [6.45, 7) is 5.70. The number of methoxy groups -OCH3 is 1. The van der Waals surface area contributed by atoms with E-state index in [0.29, 0.717) is 6.42 Å². The molecule has 2 heterocycles. The number of amides is 1. The number of unbranched alkanes of at least 4 members (excludes halogenated alkanes) is 1. The first-order valence-corrected chi connectivity index (χ1v) is 9.60. The number of para-hydroxylation sites is 2. The zero-order valence-corrected chi connectivity index (χ0v) is 16.1. The SMILES string of the molecule is CCCCC(=O)Nc1ccc(N2CCN(c3ccccc3OC)CC2)nc1. The lowest BCUT2D eigenvalue weighted by molar-refractivity contribution is -0.116. The molecule has 27 heavy (non-hydrogen) atoms. The first-order valence-electron chi connectivity index (χ1n) is 9.60. The van der Waals surface area contributed by atoms with Gasteiger partial charge in [-0.2, -0.15) is 0 Å². The lowest BCUT2D eigenvalue weighted by Crippen LogP contribution is -2.46. The average Bonchev–Trinajstić information content (AvgIpc) is 2.73. The van der Waals surface area contributed by atoms with Crippen LogP contribution in [0.25, 0.3) is 0 Å². The number of pyridine rings is 1. The van der Waals surface area contributed by atoms with Gasteiger partial charge in [-0.25, -0.2) is 4.98 Å². The number of hydrogen-bond acceptors (Lipinski definition) is 5. The van der Waals surface area contributed by atoms with Crippen molar-refractivity contribution in [3.8, 4) is 5.75 Å². The average molecular weight is 368 g/mol. The van der Waals surface area contributed by atoms with E-state index < -0.39 is 0 Å². The van der Waals surface area contributed by atoms with E-state index in [4.69, 9.17) is 4.74 Å². The summed E-state index contributed by atoms with van der Waals surface area (Å²) in [6.07, 6.45) is 4.23. The number of carbonyl (C=O) groups excluding carboxylic acids is 1. The van der Waals surface area contributed by atoms with Crippen LogP contribution < -0.4 is 19.9 Å². The normalized spacial score (nSPS) is 14.1. The van der Waals surface area contributed by atoms with Crippen LogP contribution in [0.1, 0.15) is 26.2 Å². The highest BCUT2D eigenvalue weighted by atomic mass is 16.5. The smallest absolute Gasteiger partial charge is 0.224 e. The maximum atomic E-state index is 11.8. The van der Waals surface area contributed by atoms with Crippen molar-refractivity contribution in [2.45, 2.75) is 26.2 Å². The molecular formula is C21H28N4O2. The molecule has 0 spiro atoms. The third kappa shape index (κ3) is 4.90. The molecule has 0 unspecified atom stereocenters. The number of hydrogen-bond donors (Lipinski definition) is 1. The van der Waals surface area contributed by atoms with Gasteiger partial charge < -0.3 is 19.9 Å². The van der Waals surface area contributed by atoms with Crippen LogP contribution in [-0.2, 0) is 4.79 Å². The van der Waals surface area contributed by atoms with Crippen molar-refractivity contribution in [3.05, 3.63) is 42.6 Å². The predicted molar refractivity (Wildman–Crippen MR) is 110 cm³/mol. The molecule has 1 aromatic heterocycles. The molecule has 0 atom stereocenters. The molecule has 6 nitrogen and oxygen atoms in total. The van der Waals surface area contributed by atoms with E-state index in [1.807, 2.05) is 30.3 Å². The van der Waals surface area contributed by atoms with Crippen molar-refractivity contribution >= 4 is 23.1 Å². The predicted octanol–water partition coefficient (Wildman–Crippen LogP) is 3.55. The van der Waals surface area contributed by atoms with Crippen LogP contribution in [0.15, 0.2) is 42.6 Å². The molecule has 0 saturated carbocycles. The van der Waals surface area contributed by atoms with Crippen molar-refractivity contribution in [1.82, 2.24) is 4.98 Å². The maximum Gasteiger partial charge on any atom is 0.224 e. The lowest BCUT2D eigenvalue weighted by atomic mass is 10.2. The number of aromatic nitrogens is 1. The summed E-state index contributed by atoms with van der Waals surface area (Å²) >= 11 is 0. The molecule has 144 valence electrons. The van der Waals surface area contributed by atoms with E-state index in [1.54, 1.807) is 13.3 Å². The van der Waals surface area contributed by atoms with E-state index in [2.05, 4.69) is 33.1 Å². The molecule has 0 aliphatic carbocycles. The largest absolute Gasteiger partial charge is 0.495 e. The summed E-state index contributed by atoms with van der Waals surface area (Å²) in [5.41, 5.74) is 1.89. The van der Waals surface area contributed by atoms with Crippen LogP contribution >= 0.6 is 0 Å². The topological polar surface area (TPSA) is 57.7 Å². The fourth-order valence-electron chi connectivity index (χ4n) is 3.28. The molecule has 0 radical (unpaired) electrons. The van der Waals surface area contributed by atoms with E-state index in [0.717, 1.165) is 62.0 Å². The van der Waals surface area contributed by atoms with Crippen LogP contribution in [-0.4, -0.2) is 44.2 Å². The molecule has 1 aromatic carbocycles. The van der Waals surface area contributed by atoms with E-state index in [9.17, 15) is 4.79 Å². The highest BCUT2D eigenvalue weighted by Crippen LogP contribution is 2.29. The van der Waals surface area contributed by atoms with Gasteiger partial charge in [0.1, 0.15) is 11.6 Å². The van der Waals surface area contributed by atoms with Crippen LogP contribution in [0.4, 0.5) is 17.2 Å². The van der Waals surface area contributed by atoms with Crippen molar-refractivity contribution < 1.29 is 9.53 Å². The number of rotatable bonds is 7. The molecule has 2 aromatic rings. The number of carbonyl (C=O) groups is 1. The van der Waals surface area contributed by atoms with Gasteiger partial charge in [0.05, 0.1) is 24.7 Å². The molecule has 1 saturated heterocycles. The van der Waals surface area contributed by atoms with E-state index in [-0.39, 0.29) is 5.91 Å². The maximum absolute atomic E-state index is 11.8. The quantitative estimate of drug-likeness (QED) is 0.810. The molecule has 0 bridgehead atoms. The molecular weight excluding hydrogens is 340 g/mol. The van der Waals surface area contributed by atoms with Gasteiger partial charge >= 0.3 is 0 Å². The van der Waals surface area contributed by atoms with Crippen molar-refractivity contribution in [2.75, 3.05) is 48.4 Å². The Kier molecular flexibility index (Phi) is 6.52. The van der Waals surface area contributed by atoms with Gasteiger partial charge in [0.25, 0.3) is 0 Å². The Hall–Kier alpha value is -2.76. The summed E-state index contributed by atoms with van der Waals surface area (Å²) in [6, 6.07) is 12.0. The van der Waals surface area contributed by atoms with Gasteiger partial charge in [0.2, 0.25) is 5.91 Å². The molecule has 1 aliphatic heterocycles. The summed E-state index contributed by atoms with van der Waals surface area (Å²) < 4.78 is 5.48. The zero-order valence-electron chi connectivity index (χ0n) is 16.1. The fourth-order valence-corrected chi connectivity index (χ4v) is 3.28. The highest BCUT2D eigenvalue weighted by molar-refractivity contribution is 5.90. The summed E-state index contributed by atoms with van der Waals surface area (Å²) in [4.78, 5) is 21.0. The second-order valence-corrected chi connectivity index (χ2v) is 6.70. The molecule has 3 rings (SSSR count). The van der Waals surface area contributed by atoms with Gasteiger partial charge in [-0.1, -0.05) is 25.5 Å². The molecule has 1 aliphatic rings. The Morgan fingerprint density at radius 3 is 2.52 bits per heavy atom. The van der Waals surface area contributed by atoms with Crippen molar-refractivity contribution in [3.63, 3.8) is 0 Å². The Morgan fingerprint density at radius 1 is 1.11 bits per heavy atom. The molecule has 1 fully saturated rings. The first-order chi connectivity index (χ1) is 13.2. The number of benzene rings is 1. The van der Waals surface area contributed by atoms with E-state index >= 15 is 0 Å². The number of nitrogens with one attached hydrogen (secondary N) is 1. The van der Waals surface area contributed by atoms with Crippen LogP contribution in [0.2, 0.25) is 0 Å². The van der Waals surface area contributed by atoms with Gasteiger partial charge in [-0.05, 0) is 30.7 Å². The minimum Gasteiger partial charge on any atom is -0.495 e. The standard InChI is InChI=1S/C21H28N4O2/c1-3-4-9-21(26)23-17-10-11-20(22-16-17)25-14-12-24(13-15-25)18-7-5-6-8-19(18)27-2/h5-8,10-11,16H,3-4,9,12-15H2,1-2H3,(H,23,26). The second-order valence-electron chi connectivity index (χ2n) is 6.70. The Labute approximate surface area is 161 Å². The lowest BCUT2D eigenvalue weighted by Gasteiger charge is -2.37. The van der Waals surface area contributed by atoms with Crippen molar-refractivity contribution in [2.24, 2.45) is 0 Å². The van der Waals surface area contributed by atoms with Gasteiger partial charge in [0.15, 0.2) is 0 Å². The van der Waals surface area contributed by atoms with Gasteiger partial charge in [0, 0.05) is 32.6 Å². The Balaban J connectivity index is 1.56. The minimum atomic E-state index is 0.0526. The number of ether oxygens (including phenoxy) is 1. The summed E-state index contributed by atoms with van der Waals surface area (Å²) in [5.74, 6) is 1.91. The van der Waals surface area contributed by atoms with Gasteiger partial charge in [-0.3, -0.25) is 4.79 Å². The highest BCUT2D eigenvalue weighted by Gasteiger charge is 2.20. The third-order valence-electron chi connectivity index (χ3n) is 4.82. The number of nitrogens with zero attached hydrogens (tertiary/aromatic N) is 3. The van der Waals surface area contributed by atoms with Crippen molar-refractivity contribution in [1.29, 1.82) is 0 Å². The third-order valence-corrected chi connectivity index (χ3v) is 4.82. The van der Waals surface area contributed by atoms with Crippen LogP contribution in [0, 0.1) is 0 Å². The van der Waals surface area contributed by atoms with E-state index in [1.165, 1.54) is 0 Å². The van der Waals surface area contributed by atoms with Crippen LogP contribution in [0.3, 0.4) is 0 Å². The summed E-state index contributed by atoms with van der Waals surface area (Å²) in [7, 11) is 1.71. The second kappa shape index (κ2) is 9.26. The van der Waals surface area contributed by atoms with Crippen LogP contribution in [0.5, 0.6) is 5.75 Å². The zero-order chi connectivity index (χ0) is 19.1. The summed E-state index contributed by atoms with van der Waals surface area (Å²) in [5, 5.41) is 2.91.